The van der Waals surface area contributed by atoms with Gasteiger partial charge < -0.3 is 9.64 Å². The van der Waals surface area contributed by atoms with Crippen molar-refractivity contribution in [3.63, 3.8) is 0 Å². The van der Waals surface area contributed by atoms with Crippen molar-refractivity contribution < 1.29 is 14.3 Å². The van der Waals surface area contributed by atoms with Crippen molar-refractivity contribution >= 4 is 17.4 Å². The number of amides is 1. The van der Waals surface area contributed by atoms with Crippen LogP contribution in [0.2, 0.25) is 0 Å². The summed E-state index contributed by atoms with van der Waals surface area (Å²) in [7, 11) is 1.59. The minimum Gasteiger partial charge on any atom is -0.495 e. The topological polar surface area (TPSA) is 46.6 Å². The smallest absolute Gasteiger partial charge is 0.241 e. The Bertz CT molecular complexity index is 797. The molecular weight excluding hydrogens is 314 g/mol. The molecule has 1 fully saturated rings. The quantitative estimate of drug-likeness (QED) is 0.611. The van der Waals surface area contributed by atoms with Gasteiger partial charge in [-0.1, -0.05) is 48.9 Å². The number of Topliss-reactive ketones (excluding diaryl/α,β-unsaturated/α-hetero) is 1. The molecule has 1 heterocycles. The zero-order valence-electron chi connectivity index (χ0n) is 14.9. The zero-order chi connectivity index (χ0) is 18.0. The van der Waals surface area contributed by atoms with E-state index in [2.05, 4.69) is 0 Å². The number of rotatable bonds is 5. The first-order valence-corrected chi connectivity index (χ1v) is 8.60. The van der Waals surface area contributed by atoms with Crippen LogP contribution in [0.15, 0.2) is 48.5 Å². The Kier molecular flexibility index (Phi) is 4.62. The number of nitrogens with zero attached hydrogens (tertiary/aromatic N) is 1. The molecule has 4 heteroatoms. The van der Waals surface area contributed by atoms with Gasteiger partial charge in [-0.3, -0.25) is 9.59 Å². The number of anilines is 1. The lowest BCUT2D eigenvalue weighted by Crippen LogP contribution is -2.40. The zero-order valence-corrected chi connectivity index (χ0v) is 14.9. The molecule has 0 saturated carbocycles. The number of aryl methyl sites for hydroxylation is 1. The van der Waals surface area contributed by atoms with E-state index < -0.39 is 5.41 Å². The fourth-order valence-corrected chi connectivity index (χ4v) is 3.53. The van der Waals surface area contributed by atoms with Gasteiger partial charge in [-0.05, 0) is 31.9 Å². The molecule has 0 spiro atoms. The molecule has 130 valence electrons. The van der Waals surface area contributed by atoms with E-state index in [1.54, 1.807) is 12.0 Å². The van der Waals surface area contributed by atoms with Crippen LogP contribution < -0.4 is 9.64 Å². The number of hydrogen-bond donors (Lipinski definition) is 0. The van der Waals surface area contributed by atoms with Crippen molar-refractivity contribution in [1.29, 1.82) is 0 Å². The van der Waals surface area contributed by atoms with E-state index in [4.69, 9.17) is 4.74 Å². The van der Waals surface area contributed by atoms with Gasteiger partial charge in [-0.15, -0.1) is 0 Å². The second-order valence-electron chi connectivity index (χ2n) is 6.51. The fraction of sp³-hybridized carbons (Fsp3) is 0.333. The van der Waals surface area contributed by atoms with E-state index >= 15 is 0 Å². The summed E-state index contributed by atoms with van der Waals surface area (Å²) in [5.74, 6) is 0.424. The van der Waals surface area contributed by atoms with Crippen LogP contribution in [0, 0.1) is 12.3 Å². The van der Waals surface area contributed by atoms with Crippen LogP contribution in [0.4, 0.5) is 5.69 Å². The summed E-state index contributed by atoms with van der Waals surface area (Å²) in [6.07, 6.45) is 1.01. The van der Waals surface area contributed by atoms with Crippen LogP contribution in [0.5, 0.6) is 5.75 Å². The number of hydrogen-bond acceptors (Lipinski definition) is 3. The van der Waals surface area contributed by atoms with Gasteiger partial charge >= 0.3 is 0 Å². The summed E-state index contributed by atoms with van der Waals surface area (Å²) >= 11 is 0. The van der Waals surface area contributed by atoms with Crippen molar-refractivity contribution in [1.82, 2.24) is 0 Å². The summed E-state index contributed by atoms with van der Waals surface area (Å²) in [6, 6.07) is 14.9. The summed E-state index contributed by atoms with van der Waals surface area (Å²) in [6.45, 7) is 4.41. The number of methoxy groups -OCH3 is 1. The molecule has 2 aromatic rings. The number of ketones is 1. The Morgan fingerprint density at radius 3 is 2.48 bits per heavy atom. The van der Waals surface area contributed by atoms with Gasteiger partial charge in [0, 0.05) is 12.1 Å². The minimum atomic E-state index is -0.990. The standard InChI is InChI=1S/C21H23NO3/c1-4-21(19(23)16-11-9-15(2)10-12-16)13-14-22(20(21)24)17-7-5-6-8-18(17)25-3/h5-12H,4,13-14H2,1-3H3/t21-/m0/s1. The van der Waals surface area contributed by atoms with Gasteiger partial charge in [0.05, 0.1) is 12.8 Å². The molecule has 0 unspecified atom stereocenters. The SMILES string of the molecule is CC[C@@]1(C(=O)c2ccc(C)cc2)CCN(c2ccccc2OC)C1=O. The summed E-state index contributed by atoms with van der Waals surface area (Å²) < 4.78 is 5.39. The summed E-state index contributed by atoms with van der Waals surface area (Å²) in [5.41, 5.74) is 1.43. The maximum absolute atomic E-state index is 13.3. The monoisotopic (exact) mass is 337 g/mol. The van der Waals surface area contributed by atoms with E-state index in [1.807, 2.05) is 62.4 Å². The van der Waals surface area contributed by atoms with Gasteiger partial charge in [0.2, 0.25) is 5.91 Å². The van der Waals surface area contributed by atoms with E-state index in [0.717, 1.165) is 11.3 Å². The molecule has 1 aliphatic heterocycles. The first-order valence-electron chi connectivity index (χ1n) is 8.60. The highest BCUT2D eigenvalue weighted by Crippen LogP contribution is 2.42. The van der Waals surface area contributed by atoms with Gasteiger partial charge in [0.15, 0.2) is 5.78 Å². The number of benzene rings is 2. The predicted molar refractivity (Wildman–Crippen MR) is 98.2 cm³/mol. The molecule has 0 aliphatic carbocycles. The molecule has 25 heavy (non-hydrogen) atoms. The lowest BCUT2D eigenvalue weighted by Gasteiger charge is -2.26. The number of carbonyl (C=O) groups is 2. The molecule has 0 N–H and O–H groups in total. The highest BCUT2D eigenvalue weighted by Gasteiger charge is 2.51. The van der Waals surface area contributed by atoms with Crippen LogP contribution in [0.25, 0.3) is 0 Å². The van der Waals surface area contributed by atoms with Crippen molar-refractivity contribution in [2.75, 3.05) is 18.6 Å². The van der Waals surface area contributed by atoms with Crippen molar-refractivity contribution in [2.24, 2.45) is 5.41 Å². The summed E-state index contributed by atoms with van der Waals surface area (Å²) in [4.78, 5) is 28.1. The third kappa shape index (κ3) is 2.82. The first-order chi connectivity index (χ1) is 12.0. The van der Waals surface area contributed by atoms with Crippen LogP contribution in [-0.2, 0) is 4.79 Å². The fourth-order valence-electron chi connectivity index (χ4n) is 3.53. The van der Waals surface area contributed by atoms with E-state index in [-0.39, 0.29) is 11.7 Å². The maximum atomic E-state index is 13.3. The Morgan fingerprint density at radius 2 is 1.84 bits per heavy atom. The second-order valence-corrected chi connectivity index (χ2v) is 6.51. The molecule has 2 aromatic carbocycles. The Labute approximate surface area is 148 Å². The molecule has 0 aromatic heterocycles. The van der Waals surface area contributed by atoms with Crippen molar-refractivity contribution in [2.45, 2.75) is 26.7 Å². The third-order valence-electron chi connectivity index (χ3n) is 5.14. The molecule has 4 nitrogen and oxygen atoms in total. The molecule has 1 saturated heterocycles. The highest BCUT2D eigenvalue weighted by atomic mass is 16.5. The predicted octanol–water partition coefficient (Wildman–Crippen LogP) is 4.02. The lowest BCUT2D eigenvalue weighted by molar-refractivity contribution is -0.123. The third-order valence-corrected chi connectivity index (χ3v) is 5.14. The first kappa shape index (κ1) is 17.2. The van der Waals surface area contributed by atoms with Crippen LogP contribution in [0.3, 0.4) is 0 Å². The highest BCUT2D eigenvalue weighted by molar-refractivity contribution is 6.19. The van der Waals surface area contributed by atoms with Crippen LogP contribution in [-0.4, -0.2) is 25.3 Å². The summed E-state index contributed by atoms with van der Waals surface area (Å²) in [5, 5.41) is 0. The van der Waals surface area contributed by atoms with Gasteiger partial charge in [-0.25, -0.2) is 0 Å². The van der Waals surface area contributed by atoms with E-state index in [9.17, 15) is 9.59 Å². The molecule has 0 radical (unpaired) electrons. The normalized spacial score (nSPS) is 20.0. The molecule has 1 atom stereocenters. The molecule has 1 aliphatic rings. The minimum absolute atomic E-state index is 0.0857. The largest absolute Gasteiger partial charge is 0.495 e. The second kappa shape index (κ2) is 6.71. The number of carbonyl (C=O) groups excluding carboxylic acids is 2. The molecular formula is C21H23NO3. The number of ether oxygens (including phenoxy) is 1. The molecule has 3 rings (SSSR count). The van der Waals surface area contributed by atoms with Gasteiger partial charge in [0.1, 0.15) is 11.2 Å². The molecule has 1 amide bonds. The van der Waals surface area contributed by atoms with E-state index in [1.165, 1.54) is 0 Å². The number of para-hydroxylation sites is 2. The van der Waals surface area contributed by atoms with Crippen molar-refractivity contribution in [3.05, 3.63) is 59.7 Å². The average Bonchev–Trinajstić information content (AvgIpc) is 2.99. The lowest BCUT2D eigenvalue weighted by atomic mass is 9.76. The Morgan fingerprint density at radius 1 is 1.16 bits per heavy atom. The Balaban J connectivity index is 1.97. The molecule has 0 bridgehead atoms. The van der Waals surface area contributed by atoms with E-state index in [0.29, 0.717) is 30.7 Å². The van der Waals surface area contributed by atoms with Gasteiger partial charge in [0.25, 0.3) is 0 Å². The van der Waals surface area contributed by atoms with Crippen molar-refractivity contribution in [3.8, 4) is 5.75 Å². The Hall–Kier alpha value is -2.62. The van der Waals surface area contributed by atoms with Crippen LogP contribution >= 0.6 is 0 Å². The van der Waals surface area contributed by atoms with Crippen LogP contribution in [0.1, 0.15) is 35.7 Å². The average molecular weight is 337 g/mol. The van der Waals surface area contributed by atoms with Gasteiger partial charge in [-0.2, -0.15) is 0 Å². The maximum Gasteiger partial charge on any atom is 0.241 e.